The van der Waals surface area contributed by atoms with Crippen molar-refractivity contribution in [1.29, 1.82) is 0 Å². The van der Waals surface area contributed by atoms with Gasteiger partial charge in [0.05, 0.1) is 10.8 Å². The molecular weight excluding hydrogens is 332 g/mol. The van der Waals surface area contributed by atoms with Gasteiger partial charge in [0.1, 0.15) is 0 Å². The first kappa shape index (κ1) is 18.2. The summed E-state index contributed by atoms with van der Waals surface area (Å²) < 4.78 is 25.1. The molecule has 0 aliphatic carbocycles. The molecule has 0 saturated carbocycles. The number of likely N-dealkylation sites (tertiary alicyclic amines) is 1. The van der Waals surface area contributed by atoms with E-state index in [1.807, 2.05) is 0 Å². The van der Waals surface area contributed by atoms with Crippen LogP contribution in [0.15, 0.2) is 29.2 Å². The fourth-order valence-electron chi connectivity index (χ4n) is 2.56. The Labute approximate surface area is 141 Å². The maximum absolute atomic E-state index is 12.3. The summed E-state index contributed by atoms with van der Waals surface area (Å²) in [4.78, 5) is 25.1. The van der Waals surface area contributed by atoms with Crippen LogP contribution in [0.1, 0.15) is 12.8 Å². The van der Waals surface area contributed by atoms with Crippen molar-refractivity contribution in [3.8, 4) is 0 Å². The first-order valence-electron chi connectivity index (χ1n) is 7.59. The Morgan fingerprint density at radius 3 is 2.42 bits per heavy atom. The molecule has 1 fully saturated rings. The number of anilines is 1. The number of amides is 3. The number of benzene rings is 1. The Bertz CT molecular complexity index is 715. The Balaban J connectivity index is 2.03. The van der Waals surface area contributed by atoms with Gasteiger partial charge in [-0.1, -0.05) is 0 Å². The van der Waals surface area contributed by atoms with Gasteiger partial charge in [0.15, 0.2) is 0 Å². The molecule has 1 heterocycles. The van der Waals surface area contributed by atoms with Crippen LogP contribution < -0.4 is 11.1 Å². The molecule has 1 aliphatic rings. The second-order valence-corrected chi connectivity index (χ2v) is 8.08. The first-order chi connectivity index (χ1) is 11.2. The van der Waals surface area contributed by atoms with E-state index in [-0.39, 0.29) is 16.7 Å². The van der Waals surface area contributed by atoms with Crippen LogP contribution in [0.2, 0.25) is 0 Å². The van der Waals surface area contributed by atoms with Gasteiger partial charge in [-0.2, -0.15) is 0 Å². The van der Waals surface area contributed by atoms with Crippen molar-refractivity contribution in [2.24, 2.45) is 11.7 Å². The average molecular weight is 354 g/mol. The predicted octanol–water partition coefficient (Wildman–Crippen LogP) is 0.666. The molecule has 1 saturated heterocycles. The van der Waals surface area contributed by atoms with Gasteiger partial charge < -0.3 is 16.0 Å². The molecule has 0 radical (unpaired) electrons. The Morgan fingerprint density at radius 2 is 1.88 bits per heavy atom. The number of piperidine rings is 1. The van der Waals surface area contributed by atoms with Gasteiger partial charge in [-0.25, -0.2) is 17.5 Å². The maximum Gasteiger partial charge on any atom is 0.314 e. The van der Waals surface area contributed by atoms with Gasteiger partial charge >= 0.3 is 6.03 Å². The minimum Gasteiger partial charge on any atom is -0.351 e. The van der Waals surface area contributed by atoms with Crippen LogP contribution in [0, 0.1) is 5.92 Å². The van der Waals surface area contributed by atoms with Gasteiger partial charge in [-0.15, -0.1) is 0 Å². The molecule has 1 aromatic carbocycles. The Morgan fingerprint density at radius 1 is 1.25 bits per heavy atom. The van der Waals surface area contributed by atoms with E-state index in [4.69, 9.17) is 5.73 Å². The second-order valence-electron chi connectivity index (χ2n) is 5.92. The lowest BCUT2D eigenvalue weighted by atomic mass is 9.97. The van der Waals surface area contributed by atoms with Crippen LogP contribution >= 0.6 is 0 Å². The van der Waals surface area contributed by atoms with Crippen LogP contribution in [0.5, 0.6) is 0 Å². The highest BCUT2D eigenvalue weighted by atomic mass is 32.2. The average Bonchev–Trinajstić information content (AvgIpc) is 2.55. The second kappa shape index (κ2) is 7.18. The largest absolute Gasteiger partial charge is 0.351 e. The summed E-state index contributed by atoms with van der Waals surface area (Å²) in [6, 6.07) is 5.46. The Hall–Kier alpha value is -2.13. The van der Waals surface area contributed by atoms with Crippen molar-refractivity contribution in [3.05, 3.63) is 24.3 Å². The van der Waals surface area contributed by atoms with Crippen molar-refractivity contribution in [1.82, 2.24) is 9.21 Å². The molecule has 132 valence electrons. The number of nitrogens with one attached hydrogen (secondary N) is 1. The molecular formula is C15H22N4O4S. The van der Waals surface area contributed by atoms with Gasteiger partial charge in [0.2, 0.25) is 15.9 Å². The van der Waals surface area contributed by atoms with E-state index in [0.717, 1.165) is 10.7 Å². The number of nitrogens with two attached hydrogens (primary N) is 1. The topological polar surface area (TPSA) is 113 Å². The molecule has 3 amide bonds. The van der Waals surface area contributed by atoms with Crippen LogP contribution in [-0.2, 0) is 14.8 Å². The maximum atomic E-state index is 12.3. The van der Waals surface area contributed by atoms with E-state index in [9.17, 15) is 18.0 Å². The number of carbonyl (C=O) groups is 2. The molecule has 1 aromatic rings. The fraction of sp³-hybridized carbons (Fsp3) is 0.467. The van der Waals surface area contributed by atoms with Gasteiger partial charge in [-0.05, 0) is 37.1 Å². The number of hydrogen-bond acceptors (Lipinski definition) is 4. The molecule has 1 atom stereocenters. The number of nitrogens with zero attached hydrogens (tertiary/aromatic N) is 2. The molecule has 0 spiro atoms. The van der Waals surface area contributed by atoms with Gasteiger partial charge in [0.25, 0.3) is 0 Å². The van der Waals surface area contributed by atoms with Crippen molar-refractivity contribution >= 4 is 27.6 Å². The lowest BCUT2D eigenvalue weighted by Crippen LogP contribution is -2.46. The zero-order valence-corrected chi connectivity index (χ0v) is 14.5. The highest BCUT2D eigenvalue weighted by Gasteiger charge is 2.27. The van der Waals surface area contributed by atoms with E-state index in [0.29, 0.717) is 25.2 Å². The number of hydrogen-bond donors (Lipinski definition) is 2. The van der Waals surface area contributed by atoms with Crippen LogP contribution in [-0.4, -0.2) is 56.7 Å². The third-order valence-electron chi connectivity index (χ3n) is 4.00. The summed E-state index contributed by atoms with van der Waals surface area (Å²) in [5.74, 6) is -0.527. The lowest BCUT2D eigenvalue weighted by Gasteiger charge is -2.30. The lowest BCUT2D eigenvalue weighted by molar-refractivity contribution is -0.121. The first-order valence-corrected chi connectivity index (χ1v) is 9.03. The normalized spacial score (nSPS) is 18.5. The predicted molar refractivity (Wildman–Crippen MR) is 89.8 cm³/mol. The monoisotopic (exact) mass is 354 g/mol. The SMILES string of the molecule is CN(C)S(=O)(=O)c1ccc(NC(=O)[C@@H]2CCCN(C(N)=O)C2)cc1. The van der Waals surface area contributed by atoms with Crippen molar-refractivity contribution in [2.45, 2.75) is 17.7 Å². The molecule has 9 heteroatoms. The number of rotatable bonds is 4. The minimum absolute atomic E-state index is 0.156. The summed E-state index contributed by atoms with van der Waals surface area (Å²) in [7, 11) is -0.583. The van der Waals surface area contributed by atoms with E-state index >= 15 is 0 Å². The zero-order chi connectivity index (χ0) is 17.9. The van der Waals surface area contributed by atoms with E-state index in [2.05, 4.69) is 5.32 Å². The molecule has 0 unspecified atom stereocenters. The third kappa shape index (κ3) is 4.04. The van der Waals surface area contributed by atoms with E-state index < -0.39 is 16.1 Å². The van der Waals surface area contributed by atoms with Gasteiger partial charge in [0, 0.05) is 32.9 Å². The number of primary amides is 1. The highest BCUT2D eigenvalue weighted by molar-refractivity contribution is 7.89. The number of urea groups is 1. The van der Waals surface area contributed by atoms with Crippen LogP contribution in [0.25, 0.3) is 0 Å². The molecule has 1 aliphatic heterocycles. The van der Waals surface area contributed by atoms with E-state index in [1.54, 1.807) is 12.1 Å². The quantitative estimate of drug-likeness (QED) is 0.827. The van der Waals surface area contributed by atoms with E-state index in [1.165, 1.54) is 31.1 Å². The summed E-state index contributed by atoms with van der Waals surface area (Å²) in [5, 5.41) is 2.75. The Kier molecular flexibility index (Phi) is 5.45. The standard InChI is InChI=1S/C15H22N4O4S/c1-18(2)24(22,23)13-7-5-12(6-8-13)17-14(20)11-4-3-9-19(10-11)15(16)21/h5-8,11H,3-4,9-10H2,1-2H3,(H2,16,21)(H,17,20)/t11-/m1/s1. The molecule has 24 heavy (non-hydrogen) atoms. The minimum atomic E-state index is -3.50. The highest BCUT2D eigenvalue weighted by Crippen LogP contribution is 2.20. The summed E-state index contributed by atoms with van der Waals surface area (Å²) >= 11 is 0. The molecule has 2 rings (SSSR count). The summed E-state index contributed by atoms with van der Waals surface area (Å²) in [5.41, 5.74) is 5.77. The summed E-state index contributed by atoms with van der Waals surface area (Å²) in [6.45, 7) is 0.866. The zero-order valence-electron chi connectivity index (χ0n) is 13.7. The van der Waals surface area contributed by atoms with Crippen LogP contribution in [0.3, 0.4) is 0 Å². The van der Waals surface area contributed by atoms with Crippen molar-refractivity contribution in [3.63, 3.8) is 0 Å². The smallest absolute Gasteiger partial charge is 0.314 e. The fourth-order valence-corrected chi connectivity index (χ4v) is 3.46. The van der Waals surface area contributed by atoms with Crippen molar-refractivity contribution in [2.75, 3.05) is 32.5 Å². The molecule has 8 nitrogen and oxygen atoms in total. The molecule has 0 bridgehead atoms. The van der Waals surface area contributed by atoms with Crippen LogP contribution in [0.4, 0.5) is 10.5 Å². The third-order valence-corrected chi connectivity index (χ3v) is 5.83. The molecule has 3 N–H and O–H groups in total. The number of sulfonamides is 1. The van der Waals surface area contributed by atoms with Crippen molar-refractivity contribution < 1.29 is 18.0 Å². The number of carbonyl (C=O) groups excluding carboxylic acids is 2. The summed E-state index contributed by atoms with van der Waals surface area (Å²) in [6.07, 6.45) is 1.41. The van der Waals surface area contributed by atoms with Gasteiger partial charge in [-0.3, -0.25) is 4.79 Å². The molecule has 0 aromatic heterocycles.